The molecular formula is C14H13FN4O. The Morgan fingerprint density at radius 1 is 1.50 bits per heavy atom. The van der Waals surface area contributed by atoms with Crippen molar-refractivity contribution in [3.63, 3.8) is 0 Å². The Hall–Kier alpha value is -2.65. The Morgan fingerprint density at radius 2 is 2.30 bits per heavy atom. The highest BCUT2D eigenvalue weighted by atomic mass is 19.1. The minimum atomic E-state index is -0.552. The van der Waals surface area contributed by atoms with Crippen LogP contribution in [-0.2, 0) is 7.05 Å². The lowest BCUT2D eigenvalue weighted by atomic mass is 10.2. The van der Waals surface area contributed by atoms with Crippen LogP contribution in [0.2, 0.25) is 0 Å². The fraction of sp³-hybridized carbons (Fsp3) is 0.143. The molecule has 20 heavy (non-hydrogen) atoms. The highest BCUT2D eigenvalue weighted by molar-refractivity contribution is 6.03. The van der Waals surface area contributed by atoms with Gasteiger partial charge in [0, 0.05) is 18.8 Å². The van der Waals surface area contributed by atoms with Crippen LogP contribution in [0.3, 0.4) is 0 Å². The predicted molar refractivity (Wildman–Crippen MR) is 73.5 cm³/mol. The first-order chi connectivity index (χ1) is 9.61. The van der Waals surface area contributed by atoms with Crippen LogP contribution >= 0.6 is 0 Å². The van der Waals surface area contributed by atoms with E-state index in [2.05, 4.69) is 22.3 Å². The number of halogens is 1. The van der Waals surface area contributed by atoms with E-state index in [-0.39, 0.29) is 12.2 Å². The van der Waals surface area contributed by atoms with Gasteiger partial charge in [0.05, 0.1) is 12.2 Å². The van der Waals surface area contributed by atoms with Gasteiger partial charge in [-0.25, -0.2) is 4.39 Å². The van der Waals surface area contributed by atoms with Gasteiger partial charge in [0.2, 0.25) is 0 Å². The summed E-state index contributed by atoms with van der Waals surface area (Å²) in [5, 5.41) is 6.37. The molecule has 0 bridgehead atoms. The molecule has 2 aromatic rings. The van der Waals surface area contributed by atoms with Crippen molar-refractivity contribution >= 4 is 11.6 Å². The zero-order valence-electron chi connectivity index (χ0n) is 10.9. The molecule has 3 N–H and O–H groups in total. The van der Waals surface area contributed by atoms with Gasteiger partial charge < -0.3 is 11.1 Å². The van der Waals surface area contributed by atoms with Crippen molar-refractivity contribution in [2.24, 2.45) is 12.8 Å². The summed E-state index contributed by atoms with van der Waals surface area (Å²) in [6.07, 6.45) is 1.50. The van der Waals surface area contributed by atoms with Crippen LogP contribution in [0.5, 0.6) is 0 Å². The molecule has 0 saturated heterocycles. The summed E-state index contributed by atoms with van der Waals surface area (Å²) < 4.78 is 15.3. The Balaban J connectivity index is 2.18. The van der Waals surface area contributed by atoms with E-state index in [1.54, 1.807) is 19.2 Å². The maximum atomic E-state index is 13.8. The number of amides is 1. The lowest BCUT2D eigenvalue weighted by Gasteiger charge is -2.06. The molecule has 0 aliphatic carbocycles. The molecule has 0 radical (unpaired) electrons. The first-order valence-electron chi connectivity index (χ1n) is 5.89. The summed E-state index contributed by atoms with van der Waals surface area (Å²) in [5.74, 6) is 4.38. The average molecular weight is 272 g/mol. The SMILES string of the molecule is Cn1nccc1C(=O)Nc1ccc(C#CCN)cc1F. The maximum absolute atomic E-state index is 13.8. The average Bonchev–Trinajstić information content (AvgIpc) is 2.85. The van der Waals surface area contributed by atoms with Gasteiger partial charge in [-0.15, -0.1) is 0 Å². The van der Waals surface area contributed by atoms with E-state index >= 15 is 0 Å². The zero-order valence-corrected chi connectivity index (χ0v) is 10.9. The summed E-state index contributed by atoms with van der Waals surface area (Å²) in [5.41, 5.74) is 6.19. The summed E-state index contributed by atoms with van der Waals surface area (Å²) >= 11 is 0. The molecule has 0 spiro atoms. The molecule has 102 valence electrons. The first-order valence-corrected chi connectivity index (χ1v) is 5.89. The van der Waals surface area contributed by atoms with E-state index in [4.69, 9.17) is 5.73 Å². The second-order valence-electron chi connectivity index (χ2n) is 3.99. The van der Waals surface area contributed by atoms with Crippen LogP contribution in [-0.4, -0.2) is 22.2 Å². The Bertz CT molecular complexity index is 697. The molecule has 0 aliphatic heterocycles. The zero-order chi connectivity index (χ0) is 14.5. The molecule has 0 saturated carbocycles. The molecule has 5 nitrogen and oxygen atoms in total. The Labute approximate surface area is 115 Å². The molecule has 2 rings (SSSR count). The molecule has 1 amide bonds. The van der Waals surface area contributed by atoms with Gasteiger partial charge in [0.25, 0.3) is 5.91 Å². The van der Waals surface area contributed by atoms with E-state index in [1.807, 2.05) is 0 Å². The van der Waals surface area contributed by atoms with Crippen LogP contribution in [0, 0.1) is 17.7 Å². The van der Waals surface area contributed by atoms with Crippen molar-refractivity contribution in [3.05, 3.63) is 47.5 Å². The Kier molecular flexibility index (Phi) is 4.13. The van der Waals surface area contributed by atoms with E-state index in [0.717, 1.165) is 0 Å². The molecule has 0 unspecified atom stereocenters. The fourth-order valence-electron chi connectivity index (χ4n) is 1.63. The molecular weight excluding hydrogens is 259 g/mol. The number of rotatable bonds is 2. The number of benzene rings is 1. The molecule has 1 aromatic heterocycles. The van der Waals surface area contributed by atoms with E-state index in [9.17, 15) is 9.18 Å². The second kappa shape index (κ2) is 5.99. The molecule has 6 heteroatoms. The first kappa shape index (κ1) is 13.8. The number of nitrogens with two attached hydrogens (primary N) is 1. The van der Waals surface area contributed by atoms with Crippen LogP contribution in [0.15, 0.2) is 30.5 Å². The van der Waals surface area contributed by atoms with Crippen molar-refractivity contribution < 1.29 is 9.18 Å². The second-order valence-corrected chi connectivity index (χ2v) is 3.99. The van der Waals surface area contributed by atoms with Gasteiger partial charge in [0.1, 0.15) is 11.5 Å². The number of aromatic nitrogens is 2. The third kappa shape index (κ3) is 3.02. The van der Waals surface area contributed by atoms with Gasteiger partial charge in [-0.3, -0.25) is 9.48 Å². The van der Waals surface area contributed by atoms with Crippen LogP contribution in [0.25, 0.3) is 0 Å². The number of carbonyl (C=O) groups is 1. The number of nitrogens with one attached hydrogen (secondary N) is 1. The van der Waals surface area contributed by atoms with Gasteiger partial charge >= 0.3 is 0 Å². The summed E-state index contributed by atoms with van der Waals surface area (Å²) in [7, 11) is 1.64. The van der Waals surface area contributed by atoms with Crippen molar-refractivity contribution in [2.75, 3.05) is 11.9 Å². The number of nitrogens with zero attached hydrogens (tertiary/aromatic N) is 2. The standard InChI is InChI=1S/C14H13FN4O/c1-19-13(6-8-17-19)14(20)18-12-5-4-10(3-2-7-16)9-11(12)15/h4-6,8-9H,7,16H2,1H3,(H,18,20). The minimum Gasteiger partial charge on any atom is -0.320 e. The molecule has 0 atom stereocenters. The molecule has 0 fully saturated rings. The lowest BCUT2D eigenvalue weighted by molar-refractivity contribution is 0.101. The van der Waals surface area contributed by atoms with Crippen LogP contribution in [0.1, 0.15) is 16.1 Å². The van der Waals surface area contributed by atoms with Crippen molar-refractivity contribution in [1.82, 2.24) is 9.78 Å². The topological polar surface area (TPSA) is 72.9 Å². The number of carbonyl (C=O) groups excluding carboxylic acids is 1. The van der Waals surface area contributed by atoms with Crippen LogP contribution in [0.4, 0.5) is 10.1 Å². The highest BCUT2D eigenvalue weighted by Crippen LogP contribution is 2.16. The van der Waals surface area contributed by atoms with Gasteiger partial charge in [-0.1, -0.05) is 11.8 Å². The van der Waals surface area contributed by atoms with Gasteiger partial charge in [0.15, 0.2) is 0 Å². The normalized spacial score (nSPS) is 9.75. The summed E-state index contributed by atoms with van der Waals surface area (Å²) in [6, 6.07) is 5.88. The number of anilines is 1. The summed E-state index contributed by atoms with van der Waals surface area (Å²) in [6.45, 7) is 0.209. The minimum absolute atomic E-state index is 0.0921. The van der Waals surface area contributed by atoms with E-state index < -0.39 is 11.7 Å². The third-order valence-corrected chi connectivity index (χ3v) is 2.61. The number of aryl methyl sites for hydroxylation is 1. The number of hydrogen-bond acceptors (Lipinski definition) is 3. The number of hydrogen-bond donors (Lipinski definition) is 2. The lowest BCUT2D eigenvalue weighted by Crippen LogP contribution is -2.16. The van der Waals surface area contributed by atoms with E-state index in [0.29, 0.717) is 11.3 Å². The van der Waals surface area contributed by atoms with Crippen molar-refractivity contribution in [3.8, 4) is 11.8 Å². The van der Waals surface area contributed by atoms with Gasteiger partial charge in [-0.2, -0.15) is 5.10 Å². The van der Waals surface area contributed by atoms with E-state index in [1.165, 1.54) is 23.0 Å². The molecule has 1 heterocycles. The van der Waals surface area contributed by atoms with Crippen LogP contribution < -0.4 is 11.1 Å². The molecule has 0 aliphatic rings. The smallest absolute Gasteiger partial charge is 0.273 e. The highest BCUT2D eigenvalue weighted by Gasteiger charge is 2.12. The quantitative estimate of drug-likeness (QED) is 0.805. The van der Waals surface area contributed by atoms with Crippen molar-refractivity contribution in [2.45, 2.75) is 0 Å². The predicted octanol–water partition coefficient (Wildman–Crippen LogP) is 1.12. The maximum Gasteiger partial charge on any atom is 0.273 e. The third-order valence-electron chi connectivity index (χ3n) is 2.61. The molecule has 1 aromatic carbocycles. The fourth-order valence-corrected chi connectivity index (χ4v) is 1.63. The largest absolute Gasteiger partial charge is 0.320 e. The monoisotopic (exact) mass is 272 g/mol. The Morgan fingerprint density at radius 3 is 2.90 bits per heavy atom. The van der Waals surface area contributed by atoms with Crippen molar-refractivity contribution in [1.29, 1.82) is 0 Å². The van der Waals surface area contributed by atoms with Gasteiger partial charge in [-0.05, 0) is 24.3 Å². The summed E-state index contributed by atoms with van der Waals surface area (Å²) in [4.78, 5) is 11.9.